The van der Waals surface area contributed by atoms with Crippen LogP contribution >= 0.6 is 11.6 Å². The van der Waals surface area contributed by atoms with Gasteiger partial charge >= 0.3 is 0 Å². The zero-order chi connectivity index (χ0) is 17.5. The average molecular weight is 348 g/mol. The number of nitrogens with one attached hydrogen (secondary N) is 1. The summed E-state index contributed by atoms with van der Waals surface area (Å²) >= 11 is 6.11. The first-order valence-corrected chi connectivity index (χ1v) is 7.67. The van der Waals surface area contributed by atoms with Crippen molar-refractivity contribution in [3.8, 4) is 23.3 Å². The molecule has 1 heterocycles. The van der Waals surface area contributed by atoms with Gasteiger partial charge in [0.1, 0.15) is 11.9 Å². The van der Waals surface area contributed by atoms with Crippen molar-refractivity contribution in [2.45, 2.75) is 13.5 Å². The molecule has 0 amide bonds. The Kier molecular flexibility index (Phi) is 6.10. The predicted molar refractivity (Wildman–Crippen MR) is 92.0 cm³/mol. The number of pyridine rings is 1. The Bertz CT molecular complexity index is 734. The first kappa shape index (κ1) is 17.7. The van der Waals surface area contributed by atoms with Gasteiger partial charge in [0.05, 0.1) is 31.4 Å². The van der Waals surface area contributed by atoms with Gasteiger partial charge in [-0.3, -0.25) is 0 Å². The summed E-state index contributed by atoms with van der Waals surface area (Å²) in [5.41, 5.74) is 1.32. The van der Waals surface area contributed by atoms with Crippen molar-refractivity contribution >= 4 is 17.4 Å². The highest BCUT2D eigenvalue weighted by Gasteiger charge is 2.14. The van der Waals surface area contributed by atoms with Crippen LogP contribution in [-0.2, 0) is 6.54 Å². The molecule has 0 aliphatic rings. The number of hydrogen-bond acceptors (Lipinski definition) is 6. The molecule has 0 spiro atoms. The molecule has 0 bridgehead atoms. The van der Waals surface area contributed by atoms with E-state index in [4.69, 9.17) is 31.1 Å². The molecule has 0 radical (unpaired) electrons. The van der Waals surface area contributed by atoms with Crippen LogP contribution in [0.4, 0.5) is 5.82 Å². The lowest BCUT2D eigenvalue weighted by atomic mass is 10.1. The number of methoxy groups -OCH3 is 2. The Hall–Kier alpha value is -2.65. The standard InChI is InChI=1S/C17H18ClN3O3/c1-4-24-16-14(22-2)6-11(7-15(16)23-3)9-20-17-13(18)5-12(8-19)10-21-17/h5-7,10H,4,9H2,1-3H3,(H,20,21). The summed E-state index contributed by atoms with van der Waals surface area (Å²) in [4.78, 5) is 4.14. The molecule has 0 atom stereocenters. The molecular formula is C17H18ClN3O3. The molecule has 0 fully saturated rings. The summed E-state index contributed by atoms with van der Waals surface area (Å²) in [5, 5.41) is 12.4. The molecule has 1 aromatic heterocycles. The molecule has 0 aliphatic heterocycles. The molecule has 0 unspecified atom stereocenters. The van der Waals surface area contributed by atoms with Crippen molar-refractivity contribution in [3.05, 3.63) is 40.5 Å². The fourth-order valence-electron chi connectivity index (χ4n) is 2.14. The number of hydrogen-bond donors (Lipinski definition) is 1. The number of benzene rings is 1. The number of rotatable bonds is 7. The van der Waals surface area contributed by atoms with Crippen molar-refractivity contribution in [2.24, 2.45) is 0 Å². The van der Waals surface area contributed by atoms with Gasteiger partial charge in [0.2, 0.25) is 5.75 Å². The maximum Gasteiger partial charge on any atom is 0.203 e. The molecule has 1 aromatic carbocycles. The molecule has 0 saturated heterocycles. The molecule has 1 N–H and O–H groups in total. The highest BCUT2D eigenvalue weighted by Crippen LogP contribution is 2.38. The van der Waals surface area contributed by atoms with E-state index in [0.29, 0.717) is 46.8 Å². The number of nitriles is 1. The fourth-order valence-corrected chi connectivity index (χ4v) is 2.37. The second kappa shape index (κ2) is 8.27. The van der Waals surface area contributed by atoms with E-state index in [9.17, 15) is 0 Å². The minimum Gasteiger partial charge on any atom is -0.493 e. The lowest BCUT2D eigenvalue weighted by Gasteiger charge is -2.16. The molecular weight excluding hydrogens is 330 g/mol. The van der Waals surface area contributed by atoms with Crippen LogP contribution in [-0.4, -0.2) is 25.8 Å². The molecule has 2 aromatic rings. The Balaban J connectivity index is 2.22. The summed E-state index contributed by atoms with van der Waals surface area (Å²) in [6.45, 7) is 2.86. The topological polar surface area (TPSA) is 76.4 Å². The summed E-state index contributed by atoms with van der Waals surface area (Å²) in [5.74, 6) is 2.25. The van der Waals surface area contributed by atoms with Crippen LogP contribution in [0.25, 0.3) is 0 Å². The van der Waals surface area contributed by atoms with Gasteiger partial charge in [0, 0.05) is 12.7 Å². The Morgan fingerprint density at radius 2 is 1.88 bits per heavy atom. The Morgan fingerprint density at radius 1 is 1.21 bits per heavy atom. The molecule has 0 aliphatic carbocycles. The smallest absolute Gasteiger partial charge is 0.203 e. The van der Waals surface area contributed by atoms with Crippen molar-refractivity contribution in [1.82, 2.24) is 4.98 Å². The summed E-state index contributed by atoms with van der Waals surface area (Å²) in [6.07, 6.45) is 1.47. The van der Waals surface area contributed by atoms with Crippen molar-refractivity contribution < 1.29 is 14.2 Å². The maximum absolute atomic E-state index is 8.84. The zero-order valence-electron chi connectivity index (χ0n) is 13.7. The Labute approximate surface area is 145 Å². The van der Waals surface area contributed by atoms with Gasteiger partial charge in [-0.05, 0) is 30.7 Å². The van der Waals surface area contributed by atoms with Gasteiger partial charge in [-0.1, -0.05) is 11.6 Å². The molecule has 126 valence electrons. The van der Waals surface area contributed by atoms with E-state index in [2.05, 4.69) is 10.3 Å². The van der Waals surface area contributed by atoms with E-state index in [-0.39, 0.29) is 0 Å². The Morgan fingerprint density at radius 3 is 2.38 bits per heavy atom. The highest BCUT2D eigenvalue weighted by atomic mass is 35.5. The second-order valence-corrected chi connectivity index (χ2v) is 5.19. The number of aromatic nitrogens is 1. The van der Waals surface area contributed by atoms with Crippen LogP contribution in [0.1, 0.15) is 18.1 Å². The van der Waals surface area contributed by atoms with Gasteiger partial charge in [-0.15, -0.1) is 0 Å². The molecule has 7 heteroatoms. The normalized spacial score (nSPS) is 9.96. The van der Waals surface area contributed by atoms with Crippen molar-refractivity contribution in [2.75, 3.05) is 26.1 Å². The van der Waals surface area contributed by atoms with Gasteiger partial charge in [-0.25, -0.2) is 4.98 Å². The average Bonchev–Trinajstić information content (AvgIpc) is 2.61. The van der Waals surface area contributed by atoms with Crippen LogP contribution in [0.5, 0.6) is 17.2 Å². The third kappa shape index (κ3) is 4.00. The third-order valence-electron chi connectivity index (χ3n) is 3.24. The summed E-state index contributed by atoms with van der Waals surface area (Å²) in [6, 6.07) is 7.28. The molecule has 0 saturated carbocycles. The van der Waals surface area contributed by atoms with Crippen LogP contribution < -0.4 is 19.5 Å². The van der Waals surface area contributed by atoms with Crippen LogP contribution in [0.15, 0.2) is 24.4 Å². The summed E-state index contributed by atoms with van der Waals surface area (Å²) in [7, 11) is 3.15. The van der Waals surface area contributed by atoms with Gasteiger partial charge in [0.25, 0.3) is 0 Å². The van der Waals surface area contributed by atoms with Gasteiger partial charge in [-0.2, -0.15) is 5.26 Å². The molecule has 2 rings (SSSR count). The molecule has 6 nitrogen and oxygen atoms in total. The number of halogens is 1. The first-order valence-electron chi connectivity index (χ1n) is 7.30. The monoisotopic (exact) mass is 347 g/mol. The number of nitrogens with zero attached hydrogens (tertiary/aromatic N) is 2. The SMILES string of the molecule is CCOc1c(OC)cc(CNc2ncc(C#N)cc2Cl)cc1OC. The minimum absolute atomic E-state index is 0.388. The van der Waals surface area contributed by atoms with Crippen molar-refractivity contribution in [1.29, 1.82) is 5.26 Å². The maximum atomic E-state index is 8.84. The van der Waals surface area contributed by atoms with E-state index in [1.165, 1.54) is 6.20 Å². The number of ether oxygens (including phenoxy) is 3. The molecule has 24 heavy (non-hydrogen) atoms. The largest absolute Gasteiger partial charge is 0.493 e. The van der Waals surface area contributed by atoms with Crippen LogP contribution in [0.3, 0.4) is 0 Å². The van der Waals surface area contributed by atoms with Crippen LogP contribution in [0, 0.1) is 11.3 Å². The van der Waals surface area contributed by atoms with Gasteiger partial charge < -0.3 is 19.5 Å². The van der Waals surface area contributed by atoms with Crippen molar-refractivity contribution in [3.63, 3.8) is 0 Å². The second-order valence-electron chi connectivity index (χ2n) is 4.78. The first-order chi connectivity index (χ1) is 11.6. The number of anilines is 1. The third-order valence-corrected chi connectivity index (χ3v) is 3.53. The quantitative estimate of drug-likeness (QED) is 0.824. The minimum atomic E-state index is 0.388. The lowest BCUT2D eigenvalue weighted by molar-refractivity contribution is 0.288. The van der Waals surface area contributed by atoms with E-state index >= 15 is 0 Å². The van der Waals surface area contributed by atoms with E-state index in [1.807, 2.05) is 25.1 Å². The lowest BCUT2D eigenvalue weighted by Crippen LogP contribution is -2.05. The van der Waals surface area contributed by atoms with E-state index < -0.39 is 0 Å². The van der Waals surface area contributed by atoms with Gasteiger partial charge in [0.15, 0.2) is 11.5 Å². The predicted octanol–water partition coefficient (Wildman–Crippen LogP) is 3.63. The zero-order valence-corrected chi connectivity index (χ0v) is 14.5. The highest BCUT2D eigenvalue weighted by molar-refractivity contribution is 6.33. The van der Waals surface area contributed by atoms with E-state index in [0.717, 1.165) is 5.56 Å². The van der Waals surface area contributed by atoms with E-state index in [1.54, 1.807) is 20.3 Å². The fraction of sp³-hybridized carbons (Fsp3) is 0.294. The van der Waals surface area contributed by atoms with Crippen LogP contribution in [0.2, 0.25) is 5.02 Å². The summed E-state index contributed by atoms with van der Waals surface area (Å²) < 4.78 is 16.3.